The Morgan fingerprint density at radius 3 is 2.14 bits per heavy atom. The summed E-state index contributed by atoms with van der Waals surface area (Å²) in [5, 5.41) is 0. The van der Waals surface area contributed by atoms with E-state index in [0.29, 0.717) is 5.92 Å². The van der Waals surface area contributed by atoms with Gasteiger partial charge in [0.2, 0.25) is 0 Å². The lowest BCUT2D eigenvalue weighted by Crippen LogP contribution is -2.24. The predicted octanol–water partition coefficient (Wildman–Crippen LogP) is 5.13. The van der Waals surface area contributed by atoms with Crippen molar-refractivity contribution in [2.75, 3.05) is 13.2 Å². The zero-order valence-electron chi connectivity index (χ0n) is 14.1. The van der Waals surface area contributed by atoms with Gasteiger partial charge >= 0.3 is 0 Å². The van der Waals surface area contributed by atoms with Crippen LogP contribution in [0.5, 0.6) is 0 Å². The largest absolute Gasteiger partial charge is 0.348 e. The number of hydrogen-bond acceptors (Lipinski definition) is 2. The van der Waals surface area contributed by atoms with Gasteiger partial charge in [0.05, 0.1) is 13.2 Å². The number of aryl methyl sites for hydroxylation is 1. The lowest BCUT2D eigenvalue weighted by molar-refractivity contribution is -0.202. The van der Waals surface area contributed by atoms with Crippen LogP contribution in [0.3, 0.4) is 0 Å². The molecule has 0 atom stereocenters. The first-order valence-electron chi connectivity index (χ1n) is 9.02. The van der Waals surface area contributed by atoms with E-state index in [4.69, 9.17) is 9.47 Å². The first kappa shape index (κ1) is 16.0. The maximum atomic E-state index is 5.76. The van der Waals surface area contributed by atoms with Gasteiger partial charge in [-0.1, -0.05) is 63.8 Å². The second-order valence-corrected chi connectivity index (χ2v) is 7.51. The quantitative estimate of drug-likeness (QED) is 0.768. The van der Waals surface area contributed by atoms with Crippen molar-refractivity contribution >= 4 is 0 Å². The van der Waals surface area contributed by atoms with Crippen LogP contribution in [0, 0.1) is 17.8 Å². The zero-order chi connectivity index (χ0) is 15.4. The van der Waals surface area contributed by atoms with Gasteiger partial charge < -0.3 is 9.47 Å². The molecular weight excluding hydrogens is 272 g/mol. The molecule has 1 aliphatic carbocycles. The molecule has 0 unspecified atom stereocenters. The fraction of sp³-hybridized carbons (Fsp3) is 0.700. The fourth-order valence-corrected chi connectivity index (χ4v) is 3.62. The van der Waals surface area contributed by atoms with Crippen molar-refractivity contribution < 1.29 is 9.47 Å². The first-order chi connectivity index (χ1) is 10.7. The maximum absolute atomic E-state index is 5.76. The molecule has 1 saturated heterocycles. The molecule has 2 nitrogen and oxygen atoms in total. The van der Waals surface area contributed by atoms with Crippen molar-refractivity contribution in [2.24, 2.45) is 17.8 Å². The summed E-state index contributed by atoms with van der Waals surface area (Å²) >= 11 is 0. The first-order valence-corrected chi connectivity index (χ1v) is 9.02. The topological polar surface area (TPSA) is 18.5 Å². The molecule has 2 fully saturated rings. The van der Waals surface area contributed by atoms with Crippen molar-refractivity contribution in [3.05, 3.63) is 35.4 Å². The van der Waals surface area contributed by atoms with E-state index >= 15 is 0 Å². The summed E-state index contributed by atoms with van der Waals surface area (Å²) in [6, 6.07) is 8.87. The molecule has 0 radical (unpaired) electrons. The van der Waals surface area contributed by atoms with Gasteiger partial charge in [-0.15, -0.1) is 0 Å². The number of benzene rings is 1. The number of rotatable bonds is 4. The standard InChI is InChI=1S/C20H30O2/c1-15-3-5-17(6-4-15)7-8-18-9-11-19(12-10-18)20-21-13-16(2)14-22-20/h9-12,15-17,20H,3-8,13-14H2,1-2H3. The van der Waals surface area contributed by atoms with Gasteiger partial charge in [0.25, 0.3) is 0 Å². The molecule has 1 aromatic carbocycles. The summed E-state index contributed by atoms with van der Waals surface area (Å²) in [5.74, 6) is 2.41. The molecule has 1 heterocycles. The molecule has 3 rings (SSSR count). The lowest BCUT2D eigenvalue weighted by atomic mass is 9.80. The molecule has 0 aromatic heterocycles. The molecule has 0 spiro atoms. The number of hydrogen-bond donors (Lipinski definition) is 0. The molecule has 2 heteroatoms. The zero-order valence-corrected chi connectivity index (χ0v) is 14.1. The van der Waals surface area contributed by atoms with Crippen LogP contribution in [0.15, 0.2) is 24.3 Å². The average Bonchev–Trinajstić information content (AvgIpc) is 2.56. The van der Waals surface area contributed by atoms with Crippen LogP contribution in [-0.2, 0) is 15.9 Å². The molecular formula is C20H30O2. The maximum Gasteiger partial charge on any atom is 0.183 e. The Balaban J connectivity index is 1.47. The highest BCUT2D eigenvalue weighted by atomic mass is 16.7. The summed E-state index contributed by atoms with van der Waals surface area (Å²) in [5.41, 5.74) is 2.61. The minimum atomic E-state index is -0.162. The highest BCUT2D eigenvalue weighted by molar-refractivity contribution is 5.23. The summed E-state index contributed by atoms with van der Waals surface area (Å²) in [6.45, 7) is 6.15. The molecule has 1 aliphatic heterocycles. The van der Waals surface area contributed by atoms with Gasteiger partial charge in [0.15, 0.2) is 6.29 Å². The van der Waals surface area contributed by atoms with Gasteiger partial charge in [-0.2, -0.15) is 0 Å². The van der Waals surface area contributed by atoms with E-state index in [1.807, 2.05) is 0 Å². The van der Waals surface area contributed by atoms with Crippen LogP contribution >= 0.6 is 0 Å². The van der Waals surface area contributed by atoms with Crippen LogP contribution in [0.1, 0.15) is 63.4 Å². The van der Waals surface area contributed by atoms with Crippen molar-refractivity contribution in [3.63, 3.8) is 0 Å². The van der Waals surface area contributed by atoms with Crippen LogP contribution in [0.25, 0.3) is 0 Å². The van der Waals surface area contributed by atoms with Crippen LogP contribution in [-0.4, -0.2) is 13.2 Å². The Labute approximate surface area is 135 Å². The summed E-state index contributed by atoms with van der Waals surface area (Å²) in [6.07, 6.45) is 8.12. The van der Waals surface area contributed by atoms with Crippen molar-refractivity contribution in [2.45, 2.75) is 58.7 Å². The minimum absolute atomic E-state index is 0.162. The van der Waals surface area contributed by atoms with Gasteiger partial charge in [-0.25, -0.2) is 0 Å². The molecule has 0 N–H and O–H groups in total. The van der Waals surface area contributed by atoms with Gasteiger partial charge in [-0.3, -0.25) is 0 Å². The second-order valence-electron chi connectivity index (χ2n) is 7.51. The Morgan fingerprint density at radius 2 is 1.50 bits per heavy atom. The Kier molecular flexibility index (Phi) is 5.54. The summed E-state index contributed by atoms with van der Waals surface area (Å²) in [4.78, 5) is 0. The van der Waals surface area contributed by atoms with Gasteiger partial charge in [0, 0.05) is 11.5 Å². The highest BCUT2D eigenvalue weighted by Crippen LogP contribution is 2.31. The average molecular weight is 302 g/mol. The van der Waals surface area contributed by atoms with E-state index in [-0.39, 0.29) is 6.29 Å². The third-order valence-electron chi connectivity index (χ3n) is 5.29. The van der Waals surface area contributed by atoms with Gasteiger partial charge in [-0.05, 0) is 30.2 Å². The van der Waals surface area contributed by atoms with Crippen molar-refractivity contribution in [3.8, 4) is 0 Å². The van der Waals surface area contributed by atoms with E-state index in [1.165, 1.54) is 44.1 Å². The molecule has 0 bridgehead atoms. The van der Waals surface area contributed by atoms with E-state index in [0.717, 1.165) is 30.6 Å². The molecule has 122 valence electrons. The van der Waals surface area contributed by atoms with E-state index in [1.54, 1.807) is 0 Å². The lowest BCUT2D eigenvalue weighted by Gasteiger charge is -2.28. The van der Waals surface area contributed by atoms with E-state index < -0.39 is 0 Å². The number of ether oxygens (including phenoxy) is 2. The highest BCUT2D eigenvalue weighted by Gasteiger charge is 2.21. The minimum Gasteiger partial charge on any atom is -0.348 e. The molecule has 1 saturated carbocycles. The SMILES string of the molecule is CC1CCC(CCc2ccc(C3OCC(C)CO3)cc2)CC1. The molecule has 0 amide bonds. The smallest absolute Gasteiger partial charge is 0.183 e. The summed E-state index contributed by atoms with van der Waals surface area (Å²) in [7, 11) is 0. The van der Waals surface area contributed by atoms with Crippen LogP contribution < -0.4 is 0 Å². The Hall–Kier alpha value is -0.860. The van der Waals surface area contributed by atoms with Crippen molar-refractivity contribution in [1.29, 1.82) is 0 Å². The van der Waals surface area contributed by atoms with Crippen LogP contribution in [0.4, 0.5) is 0 Å². The Bertz CT molecular complexity index is 437. The Morgan fingerprint density at radius 1 is 0.864 bits per heavy atom. The van der Waals surface area contributed by atoms with E-state index in [2.05, 4.69) is 38.1 Å². The normalized spacial score (nSPS) is 32.8. The third-order valence-corrected chi connectivity index (χ3v) is 5.29. The predicted molar refractivity (Wildman–Crippen MR) is 89.7 cm³/mol. The molecule has 22 heavy (non-hydrogen) atoms. The monoisotopic (exact) mass is 302 g/mol. The molecule has 2 aliphatic rings. The second kappa shape index (κ2) is 7.61. The van der Waals surface area contributed by atoms with E-state index in [9.17, 15) is 0 Å². The molecule has 1 aromatic rings. The third kappa shape index (κ3) is 4.33. The van der Waals surface area contributed by atoms with Crippen molar-refractivity contribution in [1.82, 2.24) is 0 Å². The van der Waals surface area contributed by atoms with Crippen LogP contribution in [0.2, 0.25) is 0 Å². The van der Waals surface area contributed by atoms with Gasteiger partial charge in [0.1, 0.15) is 0 Å². The fourth-order valence-electron chi connectivity index (χ4n) is 3.62. The summed E-state index contributed by atoms with van der Waals surface area (Å²) < 4.78 is 11.5.